The Balaban J connectivity index is 1.84. The normalized spacial score (nSPS) is 11.5. The summed E-state index contributed by atoms with van der Waals surface area (Å²) in [5, 5.41) is 0. The van der Waals surface area contributed by atoms with Crippen LogP contribution in [0.4, 0.5) is 0 Å². The van der Waals surface area contributed by atoms with Crippen LogP contribution in [0.3, 0.4) is 0 Å². The summed E-state index contributed by atoms with van der Waals surface area (Å²) in [6.45, 7) is 5.79. The second-order valence-electron chi connectivity index (χ2n) is 6.89. The minimum atomic E-state index is -0.633. The lowest BCUT2D eigenvalue weighted by Crippen LogP contribution is -2.27. The fourth-order valence-corrected chi connectivity index (χ4v) is 3.19. The summed E-state index contributed by atoms with van der Waals surface area (Å²) in [7, 11) is 1.63. The Morgan fingerprint density at radius 3 is 1.88 bits per heavy atom. The first-order valence-electron chi connectivity index (χ1n) is 8.69. The molecule has 0 spiro atoms. The fourth-order valence-electron chi connectivity index (χ4n) is 3.19. The van der Waals surface area contributed by atoms with Gasteiger partial charge in [0.15, 0.2) is 0 Å². The zero-order chi connectivity index (χ0) is 18.7. The third kappa shape index (κ3) is 3.74. The first-order valence-corrected chi connectivity index (χ1v) is 8.69. The maximum absolute atomic E-state index is 12.8. The summed E-state index contributed by atoms with van der Waals surface area (Å²) in [6.07, 6.45) is 0.665. The van der Waals surface area contributed by atoms with Crippen molar-refractivity contribution < 1.29 is 18.4 Å². The second-order valence-corrected chi connectivity index (χ2v) is 6.89. The largest absolute Gasteiger partial charge is 0.497 e. The molecule has 0 fully saturated rings. The molecule has 4 heteroatoms. The first kappa shape index (κ1) is 18.1. The van der Waals surface area contributed by atoms with Crippen LogP contribution in [0, 0.1) is 13.8 Å². The topological polar surface area (TPSA) is 52.6 Å². The third-order valence-corrected chi connectivity index (χ3v) is 4.68. The van der Waals surface area contributed by atoms with Gasteiger partial charge in [0, 0.05) is 12.8 Å². The van der Waals surface area contributed by atoms with E-state index in [9.17, 15) is 4.79 Å². The van der Waals surface area contributed by atoms with Gasteiger partial charge >= 0.3 is 0 Å². The monoisotopic (exact) mass is 352 g/mol. The molecule has 2 heterocycles. The zero-order valence-electron chi connectivity index (χ0n) is 15.7. The fraction of sp³-hybridized carbons (Fsp3) is 0.318. The van der Waals surface area contributed by atoms with Gasteiger partial charge in [0.1, 0.15) is 34.6 Å². The van der Waals surface area contributed by atoms with Gasteiger partial charge in [-0.25, -0.2) is 0 Å². The number of carbonyl (C=O) groups excluding carboxylic acids is 1. The Morgan fingerprint density at radius 1 is 0.923 bits per heavy atom. The standard InChI is InChI=1S/C22H24O4/c1-15-5-11-20(25-15)22(3,21-12-6-16(2)26-21)14-18(23)13-17-7-9-19(24-4)10-8-17/h5-12H,13-14H2,1-4H3. The van der Waals surface area contributed by atoms with Gasteiger partial charge in [-0.2, -0.15) is 0 Å². The molecule has 0 radical (unpaired) electrons. The number of hydrogen-bond acceptors (Lipinski definition) is 4. The van der Waals surface area contributed by atoms with Crippen molar-refractivity contribution in [3.63, 3.8) is 0 Å². The van der Waals surface area contributed by atoms with Crippen molar-refractivity contribution in [1.29, 1.82) is 0 Å². The Kier molecular flexibility index (Phi) is 5.03. The summed E-state index contributed by atoms with van der Waals surface area (Å²) in [6, 6.07) is 15.3. The SMILES string of the molecule is COc1ccc(CC(=O)CC(C)(c2ccc(C)o2)c2ccc(C)o2)cc1. The molecule has 0 bridgehead atoms. The van der Waals surface area contributed by atoms with Crippen LogP contribution in [0.2, 0.25) is 0 Å². The van der Waals surface area contributed by atoms with Crippen molar-refractivity contribution in [2.45, 2.75) is 39.0 Å². The Hall–Kier alpha value is -2.75. The molecular weight excluding hydrogens is 328 g/mol. The van der Waals surface area contributed by atoms with E-state index < -0.39 is 5.41 Å². The van der Waals surface area contributed by atoms with Crippen LogP contribution in [0.5, 0.6) is 5.75 Å². The predicted octanol–water partition coefficient (Wildman–Crippen LogP) is 5.01. The molecule has 0 unspecified atom stereocenters. The maximum Gasteiger partial charge on any atom is 0.138 e. The Bertz CT molecular complexity index is 843. The van der Waals surface area contributed by atoms with Crippen LogP contribution in [0.25, 0.3) is 0 Å². The number of furan rings is 2. The van der Waals surface area contributed by atoms with E-state index >= 15 is 0 Å². The van der Waals surface area contributed by atoms with Gasteiger partial charge < -0.3 is 13.6 Å². The van der Waals surface area contributed by atoms with E-state index in [1.54, 1.807) is 7.11 Å². The molecule has 0 aliphatic heterocycles. The highest BCUT2D eigenvalue weighted by Crippen LogP contribution is 2.38. The molecule has 0 N–H and O–H groups in total. The van der Waals surface area contributed by atoms with Crippen LogP contribution in [-0.2, 0) is 16.6 Å². The van der Waals surface area contributed by atoms with Crippen molar-refractivity contribution in [2.75, 3.05) is 7.11 Å². The van der Waals surface area contributed by atoms with E-state index in [0.717, 1.165) is 34.4 Å². The molecule has 26 heavy (non-hydrogen) atoms. The van der Waals surface area contributed by atoms with E-state index in [0.29, 0.717) is 12.8 Å². The zero-order valence-corrected chi connectivity index (χ0v) is 15.7. The molecule has 0 aliphatic rings. The minimum Gasteiger partial charge on any atom is -0.497 e. The number of rotatable bonds is 7. The van der Waals surface area contributed by atoms with E-state index in [4.69, 9.17) is 13.6 Å². The predicted molar refractivity (Wildman–Crippen MR) is 99.7 cm³/mol. The number of methoxy groups -OCH3 is 1. The lowest BCUT2D eigenvalue weighted by Gasteiger charge is -2.24. The quantitative estimate of drug-likeness (QED) is 0.600. The number of benzene rings is 1. The Labute approximate surface area is 153 Å². The number of aryl methyl sites for hydroxylation is 2. The molecule has 0 saturated heterocycles. The summed E-state index contributed by atoms with van der Waals surface area (Å²) in [4.78, 5) is 12.8. The van der Waals surface area contributed by atoms with Gasteiger partial charge in [-0.05, 0) is 62.7 Å². The molecule has 0 saturated carbocycles. The number of ketones is 1. The van der Waals surface area contributed by atoms with Gasteiger partial charge in [0.25, 0.3) is 0 Å². The van der Waals surface area contributed by atoms with Gasteiger partial charge in [0.05, 0.1) is 12.5 Å². The van der Waals surface area contributed by atoms with E-state index in [1.165, 1.54) is 0 Å². The van der Waals surface area contributed by atoms with Crippen LogP contribution in [0.15, 0.2) is 57.4 Å². The van der Waals surface area contributed by atoms with Crippen LogP contribution >= 0.6 is 0 Å². The average molecular weight is 352 g/mol. The average Bonchev–Trinajstić information content (AvgIpc) is 3.24. The van der Waals surface area contributed by atoms with Crippen LogP contribution < -0.4 is 4.74 Å². The number of ether oxygens (including phenoxy) is 1. The first-order chi connectivity index (χ1) is 12.4. The molecule has 1 aromatic carbocycles. The van der Waals surface area contributed by atoms with Gasteiger partial charge in [-0.3, -0.25) is 4.79 Å². The highest BCUT2D eigenvalue weighted by atomic mass is 16.5. The van der Waals surface area contributed by atoms with E-state index in [1.807, 2.05) is 69.3 Å². The van der Waals surface area contributed by atoms with Crippen LogP contribution in [-0.4, -0.2) is 12.9 Å². The molecule has 3 rings (SSSR count). The van der Waals surface area contributed by atoms with Crippen molar-refractivity contribution in [3.8, 4) is 5.75 Å². The minimum absolute atomic E-state index is 0.126. The summed E-state index contributed by atoms with van der Waals surface area (Å²) in [5.41, 5.74) is 0.330. The number of carbonyl (C=O) groups is 1. The van der Waals surface area contributed by atoms with Crippen molar-refractivity contribution in [2.24, 2.45) is 0 Å². The number of Topliss-reactive ketones (excluding diaryl/α,β-unsaturated/α-hetero) is 1. The van der Waals surface area contributed by atoms with Crippen molar-refractivity contribution in [3.05, 3.63) is 77.1 Å². The Morgan fingerprint density at radius 2 is 1.46 bits per heavy atom. The molecule has 4 nitrogen and oxygen atoms in total. The summed E-state index contributed by atoms with van der Waals surface area (Å²) >= 11 is 0. The summed E-state index contributed by atoms with van der Waals surface area (Å²) in [5.74, 6) is 4.03. The van der Waals surface area contributed by atoms with E-state index in [2.05, 4.69) is 0 Å². The van der Waals surface area contributed by atoms with Gasteiger partial charge in [-0.1, -0.05) is 12.1 Å². The molecule has 2 aromatic heterocycles. The van der Waals surface area contributed by atoms with Crippen molar-refractivity contribution >= 4 is 5.78 Å². The lowest BCUT2D eigenvalue weighted by molar-refractivity contribution is -0.119. The molecule has 136 valence electrons. The molecular formula is C22H24O4. The lowest BCUT2D eigenvalue weighted by atomic mass is 9.79. The molecule has 0 amide bonds. The highest BCUT2D eigenvalue weighted by molar-refractivity contribution is 5.82. The molecule has 3 aromatic rings. The second kappa shape index (κ2) is 7.24. The smallest absolute Gasteiger partial charge is 0.138 e. The molecule has 0 atom stereocenters. The van der Waals surface area contributed by atoms with Crippen LogP contribution in [0.1, 0.15) is 41.9 Å². The van der Waals surface area contributed by atoms with Gasteiger partial charge in [-0.15, -0.1) is 0 Å². The highest BCUT2D eigenvalue weighted by Gasteiger charge is 2.37. The number of hydrogen-bond donors (Lipinski definition) is 0. The van der Waals surface area contributed by atoms with E-state index in [-0.39, 0.29) is 5.78 Å². The molecule has 0 aliphatic carbocycles. The maximum atomic E-state index is 12.8. The summed E-state index contributed by atoms with van der Waals surface area (Å²) < 4.78 is 16.9. The van der Waals surface area contributed by atoms with Gasteiger partial charge in [0.2, 0.25) is 0 Å². The third-order valence-electron chi connectivity index (χ3n) is 4.68. The van der Waals surface area contributed by atoms with Crippen molar-refractivity contribution in [1.82, 2.24) is 0 Å².